The van der Waals surface area contributed by atoms with Crippen LogP contribution in [0.1, 0.15) is 25.6 Å². The summed E-state index contributed by atoms with van der Waals surface area (Å²) >= 11 is 0. The molecule has 0 saturated carbocycles. The molecule has 0 aromatic carbocycles. The van der Waals surface area contributed by atoms with Crippen molar-refractivity contribution in [3.63, 3.8) is 0 Å². The van der Waals surface area contributed by atoms with Crippen LogP contribution in [-0.2, 0) is 0 Å². The van der Waals surface area contributed by atoms with Crippen molar-refractivity contribution in [1.29, 1.82) is 0 Å². The summed E-state index contributed by atoms with van der Waals surface area (Å²) in [7, 11) is 0. The van der Waals surface area contributed by atoms with Crippen LogP contribution in [0.15, 0.2) is 18.6 Å². The first-order valence-electron chi connectivity index (χ1n) is 3.93. The Morgan fingerprint density at radius 2 is 2.17 bits per heavy atom. The van der Waals surface area contributed by atoms with Gasteiger partial charge in [-0.1, -0.05) is 13.8 Å². The smallest absolute Gasteiger partial charge is 0.163 e. The average molecular weight is 162 g/mol. The molecule has 4 heteroatoms. The lowest BCUT2D eigenvalue weighted by Crippen LogP contribution is -1.96. The van der Waals surface area contributed by atoms with Gasteiger partial charge in [0.25, 0.3) is 0 Å². The Morgan fingerprint density at radius 3 is 2.92 bits per heavy atom. The van der Waals surface area contributed by atoms with Gasteiger partial charge in [-0.15, -0.1) is 10.2 Å². The first kappa shape index (κ1) is 7.21. The van der Waals surface area contributed by atoms with Gasteiger partial charge >= 0.3 is 0 Å². The Balaban J connectivity index is 2.70. The molecule has 12 heavy (non-hydrogen) atoms. The molecule has 0 aliphatic carbocycles. The van der Waals surface area contributed by atoms with E-state index in [0.29, 0.717) is 5.92 Å². The van der Waals surface area contributed by atoms with E-state index in [2.05, 4.69) is 29.0 Å². The van der Waals surface area contributed by atoms with Gasteiger partial charge in [0.2, 0.25) is 0 Å². The van der Waals surface area contributed by atoms with E-state index in [1.54, 1.807) is 12.5 Å². The maximum Gasteiger partial charge on any atom is 0.163 e. The predicted molar refractivity (Wildman–Crippen MR) is 44.9 cm³/mol. The molecule has 0 bridgehead atoms. The molecule has 4 nitrogen and oxygen atoms in total. The lowest BCUT2D eigenvalue weighted by atomic mass is 10.2. The van der Waals surface area contributed by atoms with Crippen molar-refractivity contribution in [2.75, 3.05) is 0 Å². The van der Waals surface area contributed by atoms with E-state index in [9.17, 15) is 0 Å². The standard InChI is InChI=1S/C8H10N4/c1-6(2)8-11-10-7-3-4-9-5-12(7)8/h3-6H,1-2H3. The molecule has 0 aliphatic rings. The molecule has 0 fully saturated rings. The number of hydrogen-bond acceptors (Lipinski definition) is 3. The van der Waals surface area contributed by atoms with Gasteiger partial charge in [0.15, 0.2) is 5.65 Å². The van der Waals surface area contributed by atoms with Gasteiger partial charge in [0, 0.05) is 18.2 Å². The maximum absolute atomic E-state index is 4.07. The van der Waals surface area contributed by atoms with Gasteiger partial charge < -0.3 is 0 Å². The summed E-state index contributed by atoms with van der Waals surface area (Å²) in [6.07, 6.45) is 3.46. The topological polar surface area (TPSA) is 43.1 Å². The van der Waals surface area contributed by atoms with Crippen LogP contribution in [0.4, 0.5) is 0 Å². The first-order valence-corrected chi connectivity index (χ1v) is 3.93. The molecule has 0 radical (unpaired) electrons. The molecule has 2 heterocycles. The van der Waals surface area contributed by atoms with Gasteiger partial charge in [-0.2, -0.15) is 0 Å². The monoisotopic (exact) mass is 162 g/mol. The van der Waals surface area contributed by atoms with Crippen molar-refractivity contribution in [2.24, 2.45) is 0 Å². The normalized spacial score (nSPS) is 11.2. The Bertz CT molecular complexity index is 391. The Labute approximate surface area is 70.3 Å². The third kappa shape index (κ3) is 0.958. The zero-order chi connectivity index (χ0) is 8.55. The highest BCUT2D eigenvalue weighted by molar-refractivity contribution is 5.35. The molecule has 0 amide bonds. The third-order valence-corrected chi connectivity index (χ3v) is 1.76. The minimum Gasteiger partial charge on any atom is -0.269 e. The van der Waals surface area contributed by atoms with Gasteiger partial charge in [0.1, 0.15) is 12.2 Å². The first-order chi connectivity index (χ1) is 5.79. The summed E-state index contributed by atoms with van der Waals surface area (Å²) in [5.74, 6) is 1.34. The summed E-state index contributed by atoms with van der Waals surface area (Å²) in [6, 6.07) is 1.85. The second kappa shape index (κ2) is 2.55. The second-order valence-electron chi connectivity index (χ2n) is 3.02. The van der Waals surface area contributed by atoms with E-state index in [0.717, 1.165) is 11.5 Å². The molecule has 0 aliphatic heterocycles. The van der Waals surface area contributed by atoms with E-state index in [1.807, 2.05) is 10.5 Å². The summed E-state index contributed by atoms with van der Waals surface area (Å²) < 4.78 is 1.91. The van der Waals surface area contributed by atoms with Crippen molar-refractivity contribution < 1.29 is 0 Å². The fourth-order valence-corrected chi connectivity index (χ4v) is 1.16. The van der Waals surface area contributed by atoms with Gasteiger partial charge in [0.05, 0.1) is 0 Å². The van der Waals surface area contributed by atoms with Crippen LogP contribution in [0.25, 0.3) is 5.65 Å². The fourth-order valence-electron chi connectivity index (χ4n) is 1.16. The van der Waals surface area contributed by atoms with E-state index in [-0.39, 0.29) is 0 Å². The molecule has 0 N–H and O–H groups in total. The van der Waals surface area contributed by atoms with Gasteiger partial charge in [-0.25, -0.2) is 4.98 Å². The zero-order valence-electron chi connectivity index (χ0n) is 7.10. The molecule has 2 rings (SSSR count). The van der Waals surface area contributed by atoms with Crippen LogP contribution < -0.4 is 0 Å². The number of nitrogens with zero attached hydrogens (tertiary/aromatic N) is 4. The molecule has 62 valence electrons. The SMILES string of the molecule is CC(C)c1nnc2ccncn12. The van der Waals surface area contributed by atoms with Crippen molar-refractivity contribution in [3.05, 3.63) is 24.4 Å². The fraction of sp³-hybridized carbons (Fsp3) is 0.375. The van der Waals surface area contributed by atoms with Crippen LogP contribution >= 0.6 is 0 Å². The highest BCUT2D eigenvalue weighted by Crippen LogP contribution is 2.11. The van der Waals surface area contributed by atoms with Crippen molar-refractivity contribution in [3.8, 4) is 0 Å². The molecular formula is C8H10N4. The van der Waals surface area contributed by atoms with Crippen LogP contribution in [0.2, 0.25) is 0 Å². The summed E-state index contributed by atoms with van der Waals surface area (Å²) in [5, 5.41) is 8.08. The van der Waals surface area contributed by atoms with Crippen molar-refractivity contribution >= 4 is 5.65 Å². The maximum atomic E-state index is 4.07. The Hall–Kier alpha value is -1.45. The summed E-state index contributed by atoms with van der Waals surface area (Å²) in [5.41, 5.74) is 0.855. The number of rotatable bonds is 1. The lowest BCUT2D eigenvalue weighted by Gasteiger charge is -1.99. The highest BCUT2D eigenvalue weighted by atomic mass is 15.3. The highest BCUT2D eigenvalue weighted by Gasteiger charge is 2.07. The molecule has 2 aromatic rings. The van der Waals surface area contributed by atoms with E-state index in [4.69, 9.17) is 0 Å². The van der Waals surface area contributed by atoms with Crippen LogP contribution in [-0.4, -0.2) is 19.6 Å². The Kier molecular flexibility index (Phi) is 1.53. The van der Waals surface area contributed by atoms with Crippen LogP contribution in [0.5, 0.6) is 0 Å². The number of hydrogen-bond donors (Lipinski definition) is 0. The van der Waals surface area contributed by atoms with Crippen molar-refractivity contribution in [1.82, 2.24) is 19.6 Å². The van der Waals surface area contributed by atoms with Crippen molar-refractivity contribution in [2.45, 2.75) is 19.8 Å². The average Bonchev–Trinajstić information content (AvgIpc) is 2.47. The number of fused-ring (bicyclic) bond motifs is 1. The summed E-state index contributed by atoms with van der Waals surface area (Å²) in [6.45, 7) is 4.17. The Morgan fingerprint density at radius 1 is 1.33 bits per heavy atom. The lowest BCUT2D eigenvalue weighted by molar-refractivity contribution is 0.754. The molecule has 0 atom stereocenters. The molecule has 2 aromatic heterocycles. The van der Waals surface area contributed by atoms with E-state index >= 15 is 0 Å². The molecule has 0 saturated heterocycles. The number of aromatic nitrogens is 4. The molecule has 0 unspecified atom stereocenters. The van der Waals surface area contributed by atoms with Crippen LogP contribution in [0.3, 0.4) is 0 Å². The molecule has 0 spiro atoms. The molecular weight excluding hydrogens is 152 g/mol. The van der Waals surface area contributed by atoms with E-state index < -0.39 is 0 Å². The van der Waals surface area contributed by atoms with E-state index in [1.165, 1.54) is 0 Å². The van der Waals surface area contributed by atoms with Gasteiger partial charge in [-0.3, -0.25) is 4.40 Å². The largest absolute Gasteiger partial charge is 0.269 e. The zero-order valence-corrected chi connectivity index (χ0v) is 7.10. The van der Waals surface area contributed by atoms with Gasteiger partial charge in [-0.05, 0) is 0 Å². The third-order valence-electron chi connectivity index (χ3n) is 1.76. The second-order valence-corrected chi connectivity index (χ2v) is 3.02. The van der Waals surface area contributed by atoms with Crippen LogP contribution in [0, 0.1) is 0 Å². The quantitative estimate of drug-likeness (QED) is 0.633. The minimum atomic E-state index is 0.379. The summed E-state index contributed by atoms with van der Waals surface area (Å²) in [4.78, 5) is 4.01. The predicted octanol–water partition coefficient (Wildman–Crippen LogP) is 1.25. The minimum absolute atomic E-state index is 0.379.